The maximum atomic E-state index is 11.2. The number of allylic oxidation sites excluding steroid dienone is 2. The third kappa shape index (κ3) is 15.4. The lowest BCUT2D eigenvalue weighted by atomic mass is 10.1. The van der Waals surface area contributed by atoms with Gasteiger partial charge in [0.05, 0.1) is 0 Å². The molecule has 134 valence electrons. The molecule has 0 fully saturated rings. The van der Waals surface area contributed by atoms with Crippen molar-refractivity contribution in [1.29, 1.82) is 0 Å². The fourth-order valence-electron chi connectivity index (χ4n) is 2.41. The van der Waals surface area contributed by atoms with Gasteiger partial charge in [0.2, 0.25) is 0 Å². The van der Waals surface area contributed by atoms with Crippen molar-refractivity contribution in [3.05, 3.63) is 12.2 Å². The fourth-order valence-corrected chi connectivity index (χ4v) is 2.41. The molecule has 0 radical (unpaired) electrons. The molecule has 0 heterocycles. The quantitative estimate of drug-likeness (QED) is 0.287. The molecule has 0 aromatic heterocycles. The van der Waals surface area contributed by atoms with Gasteiger partial charge in [-0.15, -0.1) is 0 Å². The molecule has 0 aliphatic carbocycles. The van der Waals surface area contributed by atoms with Crippen molar-refractivity contribution in [1.82, 2.24) is 10.6 Å². The van der Waals surface area contributed by atoms with Crippen molar-refractivity contribution in [3.63, 3.8) is 0 Å². The van der Waals surface area contributed by atoms with E-state index in [-0.39, 0.29) is 0 Å². The monoisotopic (exact) mass is 324 g/mol. The predicted octanol–water partition coefficient (Wildman–Crippen LogP) is 4.11. The first-order valence-corrected chi connectivity index (χ1v) is 9.37. The zero-order chi connectivity index (χ0) is 17.2. The summed E-state index contributed by atoms with van der Waals surface area (Å²) in [5.74, 6) is -1.12. The molecule has 0 saturated heterocycles. The number of hydrogen-bond acceptors (Lipinski definition) is 2. The van der Waals surface area contributed by atoms with Crippen LogP contribution < -0.4 is 10.6 Å². The molecule has 0 atom stereocenters. The number of unbranched alkanes of at least 4 members (excludes halogenated alkanes) is 10. The lowest BCUT2D eigenvalue weighted by Crippen LogP contribution is -2.38. The Morgan fingerprint density at radius 3 is 1.83 bits per heavy atom. The average molecular weight is 325 g/mol. The van der Waals surface area contributed by atoms with E-state index in [0.717, 1.165) is 19.3 Å². The smallest absolute Gasteiger partial charge is 0.309 e. The van der Waals surface area contributed by atoms with E-state index in [0.29, 0.717) is 6.54 Å². The Kier molecular flexibility index (Phi) is 16.1. The molecule has 0 rings (SSSR count). The summed E-state index contributed by atoms with van der Waals surface area (Å²) in [6.45, 7) is 2.82. The molecular formula is C19H36N2O2. The Balaban J connectivity index is 3.23. The van der Waals surface area contributed by atoms with Gasteiger partial charge in [-0.05, 0) is 32.1 Å². The van der Waals surface area contributed by atoms with Crippen LogP contribution >= 0.6 is 0 Å². The van der Waals surface area contributed by atoms with Gasteiger partial charge in [-0.2, -0.15) is 0 Å². The molecule has 23 heavy (non-hydrogen) atoms. The summed E-state index contributed by atoms with van der Waals surface area (Å²) in [5, 5.41) is 4.91. The van der Waals surface area contributed by atoms with Crippen LogP contribution in [-0.4, -0.2) is 25.4 Å². The molecule has 0 aliphatic rings. The Morgan fingerprint density at radius 1 is 0.739 bits per heavy atom. The zero-order valence-electron chi connectivity index (χ0n) is 15.2. The van der Waals surface area contributed by atoms with Crippen LogP contribution in [0.5, 0.6) is 0 Å². The second-order valence-electron chi connectivity index (χ2n) is 6.07. The number of amides is 2. The van der Waals surface area contributed by atoms with Gasteiger partial charge in [0.15, 0.2) is 0 Å². The lowest BCUT2D eigenvalue weighted by molar-refractivity contribution is -0.138. The maximum Gasteiger partial charge on any atom is 0.309 e. The standard InChI is InChI=1S/C19H36N2O2/c1-3-4-5-6-7-8-9-10-11-12-13-14-15-16-17-21-19(23)18(22)20-2/h12-13H,3-11,14-17H2,1-2H3,(H,20,22)(H,21,23)/b13-12-. The zero-order valence-corrected chi connectivity index (χ0v) is 15.2. The first kappa shape index (κ1) is 21.7. The Morgan fingerprint density at radius 2 is 1.26 bits per heavy atom. The number of likely N-dealkylation sites (N-methyl/N-ethyl adjacent to an activating group) is 1. The molecule has 4 nitrogen and oxygen atoms in total. The summed E-state index contributed by atoms with van der Waals surface area (Å²) in [7, 11) is 1.46. The van der Waals surface area contributed by atoms with Crippen molar-refractivity contribution in [2.45, 2.75) is 84.0 Å². The molecule has 4 heteroatoms. The molecule has 0 unspecified atom stereocenters. The van der Waals surface area contributed by atoms with Gasteiger partial charge in [0.25, 0.3) is 0 Å². The maximum absolute atomic E-state index is 11.2. The topological polar surface area (TPSA) is 58.2 Å². The minimum absolute atomic E-state index is 0.544. The van der Waals surface area contributed by atoms with Crippen molar-refractivity contribution in [2.24, 2.45) is 0 Å². The van der Waals surface area contributed by atoms with Crippen molar-refractivity contribution >= 4 is 11.8 Å². The third-order valence-corrected chi connectivity index (χ3v) is 3.91. The van der Waals surface area contributed by atoms with Crippen LogP contribution in [0.25, 0.3) is 0 Å². The van der Waals surface area contributed by atoms with Crippen LogP contribution in [0, 0.1) is 0 Å². The van der Waals surface area contributed by atoms with Crippen LogP contribution in [0.4, 0.5) is 0 Å². The predicted molar refractivity (Wildman–Crippen MR) is 97.3 cm³/mol. The highest BCUT2D eigenvalue weighted by Crippen LogP contribution is 2.10. The highest BCUT2D eigenvalue weighted by Gasteiger charge is 2.08. The lowest BCUT2D eigenvalue weighted by Gasteiger charge is -2.02. The second kappa shape index (κ2) is 17.0. The van der Waals surface area contributed by atoms with Crippen molar-refractivity contribution in [3.8, 4) is 0 Å². The molecule has 0 aliphatic heterocycles. The minimum Gasteiger partial charge on any atom is -0.351 e. The molecule has 0 aromatic rings. The van der Waals surface area contributed by atoms with Gasteiger partial charge in [-0.1, -0.05) is 64.0 Å². The summed E-state index contributed by atoms with van der Waals surface area (Å²) in [5.41, 5.74) is 0. The first-order valence-electron chi connectivity index (χ1n) is 9.37. The van der Waals surface area contributed by atoms with Gasteiger partial charge in [0.1, 0.15) is 0 Å². The highest BCUT2D eigenvalue weighted by molar-refractivity contribution is 6.34. The van der Waals surface area contributed by atoms with E-state index in [1.54, 1.807) is 0 Å². The van der Waals surface area contributed by atoms with Gasteiger partial charge in [-0.3, -0.25) is 9.59 Å². The summed E-state index contributed by atoms with van der Waals surface area (Å²) in [4.78, 5) is 22.1. The molecule has 2 amide bonds. The van der Waals surface area contributed by atoms with E-state index in [9.17, 15) is 9.59 Å². The number of carbonyl (C=O) groups excluding carboxylic acids is 2. The van der Waals surface area contributed by atoms with Crippen molar-refractivity contribution in [2.75, 3.05) is 13.6 Å². The largest absolute Gasteiger partial charge is 0.351 e. The van der Waals surface area contributed by atoms with E-state index in [2.05, 4.69) is 29.7 Å². The normalized spacial score (nSPS) is 10.9. The molecule has 2 N–H and O–H groups in total. The first-order chi connectivity index (χ1) is 11.2. The van der Waals surface area contributed by atoms with Crippen LogP contribution in [0.2, 0.25) is 0 Å². The van der Waals surface area contributed by atoms with Gasteiger partial charge in [0, 0.05) is 13.6 Å². The molecule has 0 saturated carbocycles. The Hall–Kier alpha value is -1.32. The van der Waals surface area contributed by atoms with Crippen molar-refractivity contribution < 1.29 is 9.59 Å². The second-order valence-corrected chi connectivity index (χ2v) is 6.07. The highest BCUT2D eigenvalue weighted by atomic mass is 16.2. The number of nitrogens with one attached hydrogen (secondary N) is 2. The van der Waals surface area contributed by atoms with E-state index in [1.165, 1.54) is 64.8 Å². The average Bonchev–Trinajstić information content (AvgIpc) is 2.57. The summed E-state index contributed by atoms with van der Waals surface area (Å²) in [6, 6.07) is 0. The van der Waals surface area contributed by atoms with E-state index < -0.39 is 11.8 Å². The SMILES string of the molecule is CCCCCCCCCC/C=C\CCCCNC(=O)C(=O)NC. The van der Waals surface area contributed by atoms with E-state index in [1.807, 2.05) is 0 Å². The summed E-state index contributed by atoms with van der Waals surface area (Å²) in [6.07, 6.45) is 19.6. The fraction of sp³-hybridized carbons (Fsp3) is 0.789. The van der Waals surface area contributed by atoms with Crippen LogP contribution in [0.3, 0.4) is 0 Å². The van der Waals surface area contributed by atoms with Gasteiger partial charge in [-0.25, -0.2) is 0 Å². The third-order valence-electron chi connectivity index (χ3n) is 3.91. The van der Waals surface area contributed by atoms with Gasteiger partial charge < -0.3 is 10.6 Å². The Labute approximate surface area is 142 Å². The van der Waals surface area contributed by atoms with Crippen LogP contribution in [0.15, 0.2) is 12.2 Å². The molecule has 0 spiro atoms. The van der Waals surface area contributed by atoms with E-state index >= 15 is 0 Å². The summed E-state index contributed by atoms with van der Waals surface area (Å²) < 4.78 is 0. The number of rotatable bonds is 14. The molecular weight excluding hydrogens is 288 g/mol. The van der Waals surface area contributed by atoms with Crippen LogP contribution in [0.1, 0.15) is 84.0 Å². The molecule has 0 aromatic carbocycles. The number of hydrogen-bond donors (Lipinski definition) is 2. The minimum atomic E-state index is -0.574. The number of carbonyl (C=O) groups is 2. The van der Waals surface area contributed by atoms with E-state index in [4.69, 9.17) is 0 Å². The Bertz CT molecular complexity index is 327. The van der Waals surface area contributed by atoms with Crippen LogP contribution in [-0.2, 0) is 9.59 Å². The summed E-state index contributed by atoms with van der Waals surface area (Å²) >= 11 is 0. The molecule has 0 bridgehead atoms. The van der Waals surface area contributed by atoms with Gasteiger partial charge >= 0.3 is 11.8 Å².